The molecule has 0 saturated heterocycles. The summed E-state index contributed by atoms with van der Waals surface area (Å²) in [5, 5.41) is 17.6. The number of carboxylic acid groups (broad SMARTS) is 1. The quantitative estimate of drug-likeness (QED) is 0.618. The molecule has 0 aliphatic heterocycles. The number of ether oxygens (including phenoxy) is 1. The van der Waals surface area contributed by atoms with E-state index in [1.165, 1.54) is 13.3 Å². The standard InChI is InChI=1S/C11H15N3O5/c1-6-7(5-12-14-6)10(16)13-8(11(17)18)3-4-9(15)19-2/h5,8H,3-4H2,1-2H3,(H,12,14)(H,13,16)(H,17,18)/t8-/m1/s1. The minimum absolute atomic E-state index is 0.0371. The lowest BCUT2D eigenvalue weighted by Gasteiger charge is -2.13. The van der Waals surface area contributed by atoms with Crippen molar-refractivity contribution in [3.63, 3.8) is 0 Å². The van der Waals surface area contributed by atoms with Gasteiger partial charge in [-0.15, -0.1) is 0 Å². The molecule has 8 heteroatoms. The van der Waals surface area contributed by atoms with Crippen LogP contribution >= 0.6 is 0 Å². The number of aliphatic carboxylic acids is 1. The van der Waals surface area contributed by atoms with E-state index in [0.717, 1.165) is 0 Å². The van der Waals surface area contributed by atoms with Gasteiger partial charge in [0.15, 0.2) is 0 Å². The van der Waals surface area contributed by atoms with Gasteiger partial charge in [0.2, 0.25) is 0 Å². The fraction of sp³-hybridized carbons (Fsp3) is 0.455. The minimum atomic E-state index is -1.21. The van der Waals surface area contributed by atoms with Crippen LogP contribution in [0.3, 0.4) is 0 Å². The van der Waals surface area contributed by atoms with Crippen molar-refractivity contribution in [3.8, 4) is 0 Å². The Labute approximate surface area is 109 Å². The number of aryl methyl sites for hydroxylation is 1. The predicted octanol–water partition coefficient (Wildman–Crippen LogP) is -0.146. The van der Waals surface area contributed by atoms with Crippen LogP contribution in [-0.2, 0) is 14.3 Å². The molecule has 0 unspecified atom stereocenters. The van der Waals surface area contributed by atoms with E-state index in [9.17, 15) is 14.4 Å². The van der Waals surface area contributed by atoms with Crippen LogP contribution in [-0.4, -0.2) is 46.3 Å². The summed E-state index contributed by atoms with van der Waals surface area (Å²) in [6.07, 6.45) is 1.19. The van der Waals surface area contributed by atoms with E-state index in [0.29, 0.717) is 5.69 Å². The van der Waals surface area contributed by atoms with Crippen LogP contribution in [0.1, 0.15) is 28.9 Å². The lowest BCUT2D eigenvalue weighted by Crippen LogP contribution is -2.41. The first kappa shape index (κ1) is 14.7. The number of hydrogen-bond acceptors (Lipinski definition) is 5. The molecule has 104 valence electrons. The molecule has 8 nitrogen and oxygen atoms in total. The average Bonchev–Trinajstić information content (AvgIpc) is 2.79. The number of H-pyrrole nitrogens is 1. The molecule has 1 atom stereocenters. The first-order valence-corrected chi connectivity index (χ1v) is 5.56. The summed E-state index contributed by atoms with van der Waals surface area (Å²) in [5.41, 5.74) is 0.805. The number of nitrogens with one attached hydrogen (secondary N) is 2. The molecule has 1 rings (SSSR count). The molecule has 1 aromatic heterocycles. The number of hydrogen-bond donors (Lipinski definition) is 3. The number of nitrogens with zero attached hydrogens (tertiary/aromatic N) is 1. The largest absolute Gasteiger partial charge is 0.480 e. The van der Waals surface area contributed by atoms with Gasteiger partial charge in [-0.05, 0) is 13.3 Å². The lowest BCUT2D eigenvalue weighted by atomic mass is 10.1. The smallest absolute Gasteiger partial charge is 0.326 e. The number of esters is 1. The zero-order valence-electron chi connectivity index (χ0n) is 10.6. The normalized spacial score (nSPS) is 11.7. The van der Waals surface area contributed by atoms with Crippen LogP contribution in [0.4, 0.5) is 0 Å². The van der Waals surface area contributed by atoms with Gasteiger partial charge in [-0.3, -0.25) is 14.7 Å². The van der Waals surface area contributed by atoms with E-state index in [-0.39, 0.29) is 18.4 Å². The Hall–Kier alpha value is -2.38. The number of carboxylic acids is 1. The Morgan fingerprint density at radius 3 is 2.68 bits per heavy atom. The Balaban J connectivity index is 2.64. The molecule has 1 heterocycles. The van der Waals surface area contributed by atoms with Crippen molar-refractivity contribution >= 4 is 17.8 Å². The molecule has 0 fully saturated rings. The first-order valence-electron chi connectivity index (χ1n) is 5.56. The maximum Gasteiger partial charge on any atom is 0.326 e. The van der Waals surface area contributed by atoms with Gasteiger partial charge in [0.1, 0.15) is 6.04 Å². The van der Waals surface area contributed by atoms with Crippen LogP contribution in [0.5, 0.6) is 0 Å². The van der Waals surface area contributed by atoms with Crippen molar-refractivity contribution in [2.24, 2.45) is 0 Å². The van der Waals surface area contributed by atoms with E-state index >= 15 is 0 Å². The molecule has 0 radical (unpaired) electrons. The first-order chi connectivity index (χ1) is 8.95. The van der Waals surface area contributed by atoms with E-state index in [1.54, 1.807) is 6.92 Å². The molecule has 1 amide bonds. The maximum atomic E-state index is 11.8. The van der Waals surface area contributed by atoms with Crippen molar-refractivity contribution in [1.29, 1.82) is 0 Å². The monoisotopic (exact) mass is 269 g/mol. The molecule has 0 aliphatic rings. The molecule has 0 spiro atoms. The summed E-state index contributed by atoms with van der Waals surface area (Å²) in [6, 6.07) is -1.15. The number of carbonyl (C=O) groups is 3. The molecule has 0 aromatic carbocycles. The molecule has 0 bridgehead atoms. The number of rotatable bonds is 6. The highest BCUT2D eigenvalue weighted by atomic mass is 16.5. The maximum absolute atomic E-state index is 11.8. The van der Waals surface area contributed by atoms with Crippen molar-refractivity contribution in [2.75, 3.05) is 7.11 Å². The highest BCUT2D eigenvalue weighted by Crippen LogP contribution is 2.05. The highest BCUT2D eigenvalue weighted by molar-refractivity contribution is 5.97. The second kappa shape index (κ2) is 6.53. The Morgan fingerprint density at radius 1 is 1.53 bits per heavy atom. The van der Waals surface area contributed by atoms with Crippen LogP contribution in [0.2, 0.25) is 0 Å². The minimum Gasteiger partial charge on any atom is -0.480 e. The summed E-state index contributed by atoms with van der Waals surface area (Å²) in [4.78, 5) is 33.8. The number of methoxy groups -OCH3 is 1. The SMILES string of the molecule is COC(=O)CC[C@@H](NC(=O)c1cn[nH]c1C)C(=O)O. The summed E-state index contributed by atoms with van der Waals surface area (Å²) >= 11 is 0. The van der Waals surface area contributed by atoms with Crippen LogP contribution < -0.4 is 5.32 Å². The van der Waals surface area contributed by atoms with Crippen molar-refractivity contribution < 1.29 is 24.2 Å². The van der Waals surface area contributed by atoms with Gasteiger partial charge in [-0.2, -0.15) is 5.10 Å². The number of carbonyl (C=O) groups excluding carboxylic acids is 2. The van der Waals surface area contributed by atoms with Crippen LogP contribution in [0.15, 0.2) is 6.20 Å². The second-order valence-electron chi connectivity index (χ2n) is 3.89. The molecular formula is C11H15N3O5. The average molecular weight is 269 g/mol. The number of aromatic amines is 1. The highest BCUT2D eigenvalue weighted by Gasteiger charge is 2.23. The Kier molecular flexibility index (Phi) is 5.04. The third kappa shape index (κ3) is 4.09. The predicted molar refractivity (Wildman–Crippen MR) is 63.5 cm³/mol. The number of amides is 1. The van der Waals surface area contributed by atoms with Gasteiger partial charge in [0.25, 0.3) is 5.91 Å². The van der Waals surface area contributed by atoms with E-state index in [4.69, 9.17) is 5.11 Å². The van der Waals surface area contributed by atoms with Gasteiger partial charge >= 0.3 is 11.9 Å². The molecule has 19 heavy (non-hydrogen) atoms. The van der Waals surface area contributed by atoms with Gasteiger partial charge < -0.3 is 15.2 Å². The summed E-state index contributed by atoms with van der Waals surface area (Å²) in [6.45, 7) is 1.64. The Bertz CT molecular complexity index is 482. The summed E-state index contributed by atoms with van der Waals surface area (Å²) in [5.74, 6) is -2.29. The van der Waals surface area contributed by atoms with E-state index in [2.05, 4.69) is 20.3 Å². The topological polar surface area (TPSA) is 121 Å². The van der Waals surface area contributed by atoms with Crippen molar-refractivity contribution in [2.45, 2.75) is 25.8 Å². The van der Waals surface area contributed by atoms with Crippen molar-refractivity contribution in [3.05, 3.63) is 17.5 Å². The molecule has 0 aliphatic carbocycles. The fourth-order valence-corrected chi connectivity index (χ4v) is 1.44. The van der Waals surface area contributed by atoms with Gasteiger partial charge in [0.05, 0.1) is 18.9 Å². The van der Waals surface area contributed by atoms with Crippen LogP contribution in [0, 0.1) is 6.92 Å². The van der Waals surface area contributed by atoms with E-state index in [1.807, 2.05) is 0 Å². The van der Waals surface area contributed by atoms with Crippen molar-refractivity contribution in [1.82, 2.24) is 15.5 Å². The zero-order chi connectivity index (χ0) is 14.4. The molecular weight excluding hydrogens is 254 g/mol. The second-order valence-corrected chi connectivity index (χ2v) is 3.89. The summed E-state index contributed by atoms with van der Waals surface area (Å²) in [7, 11) is 1.21. The lowest BCUT2D eigenvalue weighted by molar-refractivity contribution is -0.142. The van der Waals surface area contributed by atoms with Gasteiger partial charge in [-0.1, -0.05) is 0 Å². The fourth-order valence-electron chi connectivity index (χ4n) is 1.44. The van der Waals surface area contributed by atoms with Gasteiger partial charge in [0, 0.05) is 12.1 Å². The molecule has 3 N–H and O–H groups in total. The number of aromatic nitrogens is 2. The van der Waals surface area contributed by atoms with Gasteiger partial charge in [-0.25, -0.2) is 4.79 Å². The molecule has 0 saturated carbocycles. The third-order valence-electron chi connectivity index (χ3n) is 2.54. The zero-order valence-corrected chi connectivity index (χ0v) is 10.6. The van der Waals surface area contributed by atoms with E-state index < -0.39 is 23.9 Å². The summed E-state index contributed by atoms with van der Waals surface area (Å²) < 4.78 is 4.42. The molecule has 1 aromatic rings. The Morgan fingerprint density at radius 2 is 2.21 bits per heavy atom. The third-order valence-corrected chi connectivity index (χ3v) is 2.54. The van der Waals surface area contributed by atoms with Crippen LogP contribution in [0.25, 0.3) is 0 Å².